The standard InChI is InChI=1S/C19H19N3O4S/c1-27(25,26)21-14-10-17-18(23)20-16-8-7-13(12-5-3-2-4-6-12)9-15(16)19(24)22(17)11-14/h2-9,14,17,21H,10-11H2,1H3,(H,20,23). The van der Waals surface area contributed by atoms with Gasteiger partial charge in [0.1, 0.15) is 6.04 Å². The van der Waals surface area contributed by atoms with Gasteiger partial charge < -0.3 is 10.2 Å². The molecular weight excluding hydrogens is 366 g/mol. The van der Waals surface area contributed by atoms with Crippen molar-refractivity contribution in [2.75, 3.05) is 18.1 Å². The molecule has 27 heavy (non-hydrogen) atoms. The molecule has 0 saturated carbocycles. The highest BCUT2D eigenvalue weighted by atomic mass is 32.2. The molecule has 2 heterocycles. The quantitative estimate of drug-likeness (QED) is 0.836. The molecule has 8 heteroatoms. The number of carbonyl (C=O) groups is 2. The molecule has 2 aromatic rings. The number of hydrogen-bond acceptors (Lipinski definition) is 4. The van der Waals surface area contributed by atoms with E-state index < -0.39 is 22.1 Å². The van der Waals surface area contributed by atoms with E-state index in [9.17, 15) is 18.0 Å². The molecule has 140 valence electrons. The Kier molecular flexibility index (Phi) is 4.24. The van der Waals surface area contributed by atoms with Crippen LogP contribution in [0.4, 0.5) is 5.69 Å². The van der Waals surface area contributed by atoms with E-state index >= 15 is 0 Å². The monoisotopic (exact) mass is 385 g/mol. The lowest BCUT2D eigenvalue weighted by Gasteiger charge is -2.20. The van der Waals surface area contributed by atoms with Crippen LogP contribution in [0.3, 0.4) is 0 Å². The molecule has 0 aliphatic carbocycles. The average Bonchev–Trinajstić information content (AvgIpc) is 3.00. The van der Waals surface area contributed by atoms with Gasteiger partial charge in [-0.15, -0.1) is 0 Å². The van der Waals surface area contributed by atoms with E-state index in [0.717, 1.165) is 17.4 Å². The molecule has 0 spiro atoms. The third-order valence-electron chi connectivity index (χ3n) is 4.86. The van der Waals surface area contributed by atoms with Crippen LogP contribution in [-0.2, 0) is 14.8 Å². The van der Waals surface area contributed by atoms with Crippen LogP contribution in [0, 0.1) is 0 Å². The molecule has 7 nitrogen and oxygen atoms in total. The zero-order chi connectivity index (χ0) is 19.2. The summed E-state index contributed by atoms with van der Waals surface area (Å²) in [5, 5.41) is 2.81. The number of sulfonamides is 1. The third-order valence-corrected chi connectivity index (χ3v) is 5.62. The number of fused-ring (bicyclic) bond motifs is 2. The summed E-state index contributed by atoms with van der Waals surface area (Å²) >= 11 is 0. The molecule has 2 aromatic carbocycles. The van der Waals surface area contributed by atoms with Crippen LogP contribution in [0.15, 0.2) is 48.5 Å². The second-order valence-electron chi connectivity index (χ2n) is 6.91. The van der Waals surface area contributed by atoms with Crippen molar-refractivity contribution in [3.63, 3.8) is 0 Å². The largest absolute Gasteiger partial charge is 0.325 e. The predicted molar refractivity (Wildman–Crippen MR) is 102 cm³/mol. The first-order valence-corrected chi connectivity index (χ1v) is 10.5. The maximum atomic E-state index is 13.1. The van der Waals surface area contributed by atoms with Crippen molar-refractivity contribution in [1.29, 1.82) is 0 Å². The number of nitrogens with zero attached hydrogens (tertiary/aromatic N) is 1. The third kappa shape index (κ3) is 3.45. The van der Waals surface area contributed by atoms with E-state index in [1.807, 2.05) is 36.4 Å². The number of benzene rings is 2. The zero-order valence-corrected chi connectivity index (χ0v) is 15.5. The molecule has 1 fully saturated rings. The van der Waals surface area contributed by atoms with Crippen molar-refractivity contribution in [3.05, 3.63) is 54.1 Å². The second-order valence-corrected chi connectivity index (χ2v) is 8.69. The molecule has 0 aromatic heterocycles. The smallest absolute Gasteiger partial charge is 0.256 e. The molecule has 2 unspecified atom stereocenters. The second kappa shape index (κ2) is 6.47. The van der Waals surface area contributed by atoms with Gasteiger partial charge in [-0.25, -0.2) is 13.1 Å². The Morgan fingerprint density at radius 1 is 1.07 bits per heavy atom. The van der Waals surface area contributed by atoms with Gasteiger partial charge in [0, 0.05) is 12.6 Å². The van der Waals surface area contributed by atoms with Gasteiger partial charge in [-0.3, -0.25) is 9.59 Å². The fourth-order valence-corrected chi connectivity index (χ4v) is 4.48. The maximum absolute atomic E-state index is 13.1. The Labute approximate surface area is 157 Å². The van der Waals surface area contributed by atoms with E-state index in [1.165, 1.54) is 4.90 Å². The van der Waals surface area contributed by atoms with Crippen LogP contribution < -0.4 is 10.0 Å². The summed E-state index contributed by atoms with van der Waals surface area (Å²) in [4.78, 5) is 27.2. The SMILES string of the molecule is CS(=O)(=O)NC1CC2C(=O)Nc3ccc(-c4ccccc4)cc3C(=O)N2C1. The summed E-state index contributed by atoms with van der Waals surface area (Å²) in [6.45, 7) is 0.166. The maximum Gasteiger partial charge on any atom is 0.256 e. The van der Waals surface area contributed by atoms with E-state index in [-0.39, 0.29) is 24.8 Å². The molecule has 2 aliphatic heterocycles. The minimum Gasteiger partial charge on any atom is -0.325 e. The van der Waals surface area contributed by atoms with Crippen molar-refractivity contribution in [1.82, 2.24) is 9.62 Å². The van der Waals surface area contributed by atoms with Crippen molar-refractivity contribution in [3.8, 4) is 11.1 Å². The number of anilines is 1. The number of nitrogens with one attached hydrogen (secondary N) is 2. The van der Waals surface area contributed by atoms with Gasteiger partial charge in [0.15, 0.2) is 0 Å². The van der Waals surface area contributed by atoms with Crippen molar-refractivity contribution >= 4 is 27.5 Å². The lowest BCUT2D eigenvalue weighted by Crippen LogP contribution is -2.41. The Balaban J connectivity index is 1.69. The highest BCUT2D eigenvalue weighted by Gasteiger charge is 2.43. The topological polar surface area (TPSA) is 95.6 Å². The Morgan fingerprint density at radius 2 is 1.81 bits per heavy atom. The fourth-order valence-electron chi connectivity index (χ4n) is 3.71. The van der Waals surface area contributed by atoms with Gasteiger partial charge in [-0.05, 0) is 29.7 Å². The molecule has 0 radical (unpaired) electrons. The fraction of sp³-hybridized carbons (Fsp3) is 0.263. The van der Waals surface area contributed by atoms with Gasteiger partial charge in [-0.1, -0.05) is 36.4 Å². The number of carbonyl (C=O) groups excluding carboxylic acids is 2. The molecule has 1 saturated heterocycles. The van der Waals surface area contributed by atoms with Crippen LogP contribution in [0.1, 0.15) is 16.8 Å². The van der Waals surface area contributed by atoms with Gasteiger partial charge in [-0.2, -0.15) is 0 Å². The zero-order valence-electron chi connectivity index (χ0n) is 14.7. The van der Waals surface area contributed by atoms with E-state index in [1.54, 1.807) is 12.1 Å². The summed E-state index contributed by atoms with van der Waals surface area (Å²) in [6.07, 6.45) is 1.32. The first-order chi connectivity index (χ1) is 12.8. The molecule has 2 N–H and O–H groups in total. The molecule has 2 atom stereocenters. The minimum absolute atomic E-state index is 0.166. The summed E-state index contributed by atoms with van der Waals surface area (Å²) in [5.41, 5.74) is 2.73. The number of hydrogen-bond donors (Lipinski definition) is 2. The summed E-state index contributed by atoms with van der Waals surface area (Å²) in [7, 11) is -3.42. The van der Waals surface area contributed by atoms with Crippen LogP contribution in [0.5, 0.6) is 0 Å². The number of rotatable bonds is 3. The molecular formula is C19H19N3O4S. The summed E-state index contributed by atoms with van der Waals surface area (Å²) in [5.74, 6) is -0.573. The van der Waals surface area contributed by atoms with Gasteiger partial charge in [0.2, 0.25) is 15.9 Å². The Morgan fingerprint density at radius 3 is 2.52 bits per heavy atom. The average molecular weight is 385 g/mol. The highest BCUT2D eigenvalue weighted by Crippen LogP contribution is 2.32. The highest BCUT2D eigenvalue weighted by molar-refractivity contribution is 7.88. The van der Waals surface area contributed by atoms with Crippen LogP contribution in [0.25, 0.3) is 11.1 Å². The predicted octanol–water partition coefficient (Wildman–Crippen LogP) is 1.44. The lowest BCUT2D eigenvalue weighted by atomic mass is 10.0. The van der Waals surface area contributed by atoms with Crippen LogP contribution in [0.2, 0.25) is 0 Å². The number of amides is 2. The van der Waals surface area contributed by atoms with Crippen molar-refractivity contribution < 1.29 is 18.0 Å². The van der Waals surface area contributed by atoms with Gasteiger partial charge in [0.25, 0.3) is 5.91 Å². The van der Waals surface area contributed by atoms with E-state index in [2.05, 4.69) is 10.0 Å². The first kappa shape index (κ1) is 17.7. The lowest BCUT2D eigenvalue weighted by molar-refractivity contribution is -0.119. The van der Waals surface area contributed by atoms with Gasteiger partial charge >= 0.3 is 0 Å². The van der Waals surface area contributed by atoms with Crippen molar-refractivity contribution in [2.45, 2.75) is 18.5 Å². The summed E-state index contributed by atoms with van der Waals surface area (Å²) in [6, 6.07) is 13.9. The summed E-state index contributed by atoms with van der Waals surface area (Å²) < 4.78 is 25.5. The Hall–Kier alpha value is -2.71. The van der Waals surface area contributed by atoms with E-state index in [4.69, 9.17) is 0 Å². The van der Waals surface area contributed by atoms with E-state index in [0.29, 0.717) is 11.3 Å². The molecule has 2 aliphatic rings. The molecule has 2 amide bonds. The van der Waals surface area contributed by atoms with Crippen molar-refractivity contribution in [2.24, 2.45) is 0 Å². The van der Waals surface area contributed by atoms with Crippen LogP contribution >= 0.6 is 0 Å². The Bertz CT molecular complexity index is 1020. The first-order valence-electron chi connectivity index (χ1n) is 8.60. The molecule has 4 rings (SSSR count). The van der Waals surface area contributed by atoms with Crippen LogP contribution in [-0.4, -0.2) is 50.0 Å². The molecule has 0 bridgehead atoms. The normalized spacial score (nSPS) is 22.0. The minimum atomic E-state index is -3.42. The van der Waals surface area contributed by atoms with Gasteiger partial charge in [0.05, 0.1) is 17.5 Å².